The van der Waals surface area contributed by atoms with Crippen LogP contribution in [0.5, 0.6) is 5.75 Å². The molecule has 112 valence electrons. The molecule has 2 rings (SSSR count). The summed E-state index contributed by atoms with van der Waals surface area (Å²) in [5, 5.41) is 4.84. The van der Waals surface area contributed by atoms with Crippen molar-refractivity contribution < 1.29 is 9.53 Å². The molecule has 5 nitrogen and oxygen atoms in total. The Morgan fingerprint density at radius 2 is 2.24 bits per heavy atom. The molecule has 6 heteroatoms. The van der Waals surface area contributed by atoms with Crippen molar-refractivity contribution in [3.05, 3.63) is 40.6 Å². The number of amides is 1. The van der Waals surface area contributed by atoms with E-state index >= 15 is 0 Å². The molecule has 0 unspecified atom stereocenters. The Morgan fingerprint density at radius 3 is 2.86 bits per heavy atom. The van der Waals surface area contributed by atoms with Gasteiger partial charge >= 0.3 is 0 Å². The number of nitrogens with one attached hydrogen (secondary N) is 1. The molecule has 0 bridgehead atoms. The number of hydrogen-bond acceptors (Lipinski definition) is 5. The fourth-order valence-corrected chi connectivity index (χ4v) is 2.72. The van der Waals surface area contributed by atoms with Crippen LogP contribution in [0.25, 0.3) is 0 Å². The molecule has 0 spiro atoms. The monoisotopic (exact) mass is 305 g/mol. The molecular weight excluding hydrogens is 286 g/mol. The molecule has 0 aliphatic rings. The Bertz CT molecular complexity index is 599. The average molecular weight is 305 g/mol. The molecule has 0 atom stereocenters. The quantitative estimate of drug-likeness (QED) is 0.804. The predicted octanol–water partition coefficient (Wildman–Crippen LogP) is 2.41. The van der Waals surface area contributed by atoms with E-state index in [2.05, 4.69) is 11.4 Å². The minimum atomic E-state index is -0.0917. The number of hydrogen-bond donors (Lipinski definition) is 2. The van der Waals surface area contributed by atoms with E-state index in [1.54, 1.807) is 36.6 Å². The van der Waals surface area contributed by atoms with Crippen LogP contribution in [0.3, 0.4) is 0 Å². The number of nitrogen functional groups attached to an aromatic ring is 1. The van der Waals surface area contributed by atoms with Gasteiger partial charge in [0.15, 0.2) is 0 Å². The van der Waals surface area contributed by atoms with E-state index in [1.165, 1.54) is 4.88 Å². The van der Waals surface area contributed by atoms with Crippen LogP contribution in [-0.2, 0) is 11.3 Å². The molecule has 1 aromatic carbocycles. The molecule has 0 aliphatic carbocycles. The number of nitrogens with two attached hydrogens (primary N) is 1. The molecule has 0 saturated heterocycles. The molecule has 0 aliphatic heterocycles. The van der Waals surface area contributed by atoms with Gasteiger partial charge < -0.3 is 15.8 Å². The third-order valence-electron chi connectivity index (χ3n) is 2.95. The van der Waals surface area contributed by atoms with Crippen LogP contribution in [0.1, 0.15) is 4.88 Å². The van der Waals surface area contributed by atoms with E-state index in [1.807, 2.05) is 23.4 Å². The maximum absolute atomic E-state index is 12.0. The second-order valence-corrected chi connectivity index (χ2v) is 5.79. The zero-order chi connectivity index (χ0) is 15.2. The van der Waals surface area contributed by atoms with Crippen LogP contribution in [0.2, 0.25) is 0 Å². The SMILES string of the molecule is COc1ccc(NC(=O)CN(C)Cc2cccs2)c(N)c1. The first-order valence-corrected chi connectivity index (χ1v) is 7.40. The summed E-state index contributed by atoms with van der Waals surface area (Å²) in [5.74, 6) is 0.575. The van der Waals surface area contributed by atoms with Crippen LogP contribution in [0, 0.1) is 0 Å². The number of anilines is 2. The Balaban J connectivity index is 1.89. The van der Waals surface area contributed by atoms with Gasteiger partial charge in [-0.15, -0.1) is 11.3 Å². The number of rotatable bonds is 6. The first kappa shape index (κ1) is 15.3. The molecule has 1 heterocycles. The van der Waals surface area contributed by atoms with Crippen LogP contribution < -0.4 is 15.8 Å². The zero-order valence-electron chi connectivity index (χ0n) is 12.1. The van der Waals surface area contributed by atoms with Crippen molar-refractivity contribution in [3.8, 4) is 5.75 Å². The molecular formula is C15H19N3O2S. The summed E-state index contributed by atoms with van der Waals surface area (Å²) >= 11 is 1.68. The average Bonchev–Trinajstić information content (AvgIpc) is 2.93. The first-order valence-electron chi connectivity index (χ1n) is 6.53. The van der Waals surface area contributed by atoms with Crippen molar-refractivity contribution in [3.63, 3.8) is 0 Å². The molecule has 21 heavy (non-hydrogen) atoms. The minimum absolute atomic E-state index is 0.0917. The van der Waals surface area contributed by atoms with Crippen molar-refractivity contribution in [1.82, 2.24) is 4.90 Å². The number of carbonyl (C=O) groups is 1. The van der Waals surface area contributed by atoms with Gasteiger partial charge in [0.25, 0.3) is 0 Å². The minimum Gasteiger partial charge on any atom is -0.497 e. The standard InChI is InChI=1S/C15H19N3O2S/c1-18(9-12-4-3-7-21-12)10-15(19)17-14-6-5-11(20-2)8-13(14)16/h3-8H,9-10,16H2,1-2H3,(H,17,19). The number of likely N-dealkylation sites (N-methyl/N-ethyl adjacent to an activating group) is 1. The van der Waals surface area contributed by atoms with Gasteiger partial charge in [-0.3, -0.25) is 9.69 Å². The lowest BCUT2D eigenvalue weighted by Crippen LogP contribution is -2.29. The lowest BCUT2D eigenvalue weighted by molar-refractivity contribution is -0.117. The summed E-state index contributed by atoms with van der Waals surface area (Å²) < 4.78 is 5.08. The number of thiophene rings is 1. The van der Waals surface area contributed by atoms with Crippen LogP contribution in [0.4, 0.5) is 11.4 Å². The number of carbonyl (C=O) groups excluding carboxylic acids is 1. The second-order valence-electron chi connectivity index (χ2n) is 4.75. The summed E-state index contributed by atoms with van der Waals surface area (Å²) in [6, 6.07) is 9.25. The third kappa shape index (κ3) is 4.47. The normalized spacial score (nSPS) is 10.6. The van der Waals surface area contributed by atoms with Gasteiger partial charge in [0.1, 0.15) is 5.75 Å². The molecule has 3 N–H and O–H groups in total. The van der Waals surface area contributed by atoms with Crippen LogP contribution in [0.15, 0.2) is 35.7 Å². The highest BCUT2D eigenvalue weighted by atomic mass is 32.1. The summed E-state index contributed by atoms with van der Waals surface area (Å²) in [7, 11) is 3.49. The smallest absolute Gasteiger partial charge is 0.238 e. The summed E-state index contributed by atoms with van der Waals surface area (Å²) in [6.07, 6.45) is 0. The maximum Gasteiger partial charge on any atom is 0.238 e. The number of ether oxygens (including phenoxy) is 1. The van der Waals surface area contributed by atoms with Crippen molar-refractivity contribution in [2.24, 2.45) is 0 Å². The number of nitrogens with zero attached hydrogens (tertiary/aromatic N) is 1. The number of benzene rings is 1. The molecule has 2 aromatic rings. The van der Waals surface area contributed by atoms with Crippen LogP contribution in [-0.4, -0.2) is 31.5 Å². The van der Waals surface area contributed by atoms with Gasteiger partial charge in [-0.1, -0.05) is 6.07 Å². The van der Waals surface area contributed by atoms with E-state index in [4.69, 9.17) is 10.5 Å². The summed E-state index contributed by atoms with van der Waals surface area (Å²) in [4.78, 5) is 15.2. The van der Waals surface area contributed by atoms with E-state index in [0.29, 0.717) is 23.7 Å². The Hall–Kier alpha value is -2.05. The van der Waals surface area contributed by atoms with Crippen molar-refractivity contribution in [1.29, 1.82) is 0 Å². The lowest BCUT2D eigenvalue weighted by atomic mass is 10.2. The van der Waals surface area contributed by atoms with Gasteiger partial charge in [0.05, 0.1) is 25.0 Å². The van der Waals surface area contributed by atoms with Gasteiger partial charge in [-0.05, 0) is 30.6 Å². The maximum atomic E-state index is 12.0. The first-order chi connectivity index (χ1) is 10.1. The van der Waals surface area contributed by atoms with E-state index in [-0.39, 0.29) is 5.91 Å². The highest BCUT2D eigenvalue weighted by Crippen LogP contribution is 2.23. The van der Waals surface area contributed by atoms with Gasteiger partial charge in [-0.25, -0.2) is 0 Å². The van der Waals surface area contributed by atoms with Gasteiger partial charge in [0, 0.05) is 17.5 Å². The van der Waals surface area contributed by atoms with Gasteiger partial charge in [0.2, 0.25) is 5.91 Å². The largest absolute Gasteiger partial charge is 0.497 e. The summed E-state index contributed by atoms with van der Waals surface area (Å²) in [5.41, 5.74) is 6.97. The van der Waals surface area contributed by atoms with Crippen molar-refractivity contribution >= 4 is 28.6 Å². The van der Waals surface area contributed by atoms with Crippen molar-refractivity contribution in [2.45, 2.75) is 6.54 Å². The molecule has 0 radical (unpaired) electrons. The second kappa shape index (κ2) is 7.10. The lowest BCUT2D eigenvalue weighted by Gasteiger charge is -2.16. The van der Waals surface area contributed by atoms with Gasteiger partial charge in [-0.2, -0.15) is 0 Å². The van der Waals surface area contributed by atoms with E-state index in [9.17, 15) is 4.79 Å². The molecule has 0 fully saturated rings. The van der Waals surface area contributed by atoms with Crippen molar-refractivity contribution in [2.75, 3.05) is 31.8 Å². The molecule has 1 aromatic heterocycles. The van der Waals surface area contributed by atoms with E-state index < -0.39 is 0 Å². The Morgan fingerprint density at radius 1 is 1.43 bits per heavy atom. The summed E-state index contributed by atoms with van der Waals surface area (Å²) in [6.45, 7) is 1.06. The van der Waals surface area contributed by atoms with E-state index in [0.717, 1.165) is 6.54 Å². The third-order valence-corrected chi connectivity index (χ3v) is 3.81. The fraction of sp³-hybridized carbons (Fsp3) is 0.267. The predicted molar refractivity (Wildman–Crippen MR) is 86.7 cm³/mol. The fourth-order valence-electron chi connectivity index (χ4n) is 1.94. The topological polar surface area (TPSA) is 67.6 Å². The Labute approximate surface area is 128 Å². The molecule has 0 saturated carbocycles. The Kier molecular flexibility index (Phi) is 5.19. The molecule has 1 amide bonds. The highest BCUT2D eigenvalue weighted by molar-refractivity contribution is 7.09. The zero-order valence-corrected chi connectivity index (χ0v) is 12.9. The van der Waals surface area contributed by atoms with Crippen LogP contribution >= 0.6 is 11.3 Å². The highest BCUT2D eigenvalue weighted by Gasteiger charge is 2.10. The number of methoxy groups -OCH3 is 1.